The first-order chi connectivity index (χ1) is 39.9. The van der Waals surface area contributed by atoms with Gasteiger partial charge in [-0.3, -0.25) is 19.5 Å². The van der Waals surface area contributed by atoms with Gasteiger partial charge in [0.25, 0.3) is 11.8 Å². The number of anilines is 1. The molecule has 2 aromatic heterocycles. The summed E-state index contributed by atoms with van der Waals surface area (Å²) in [5, 5.41) is 13.1. The van der Waals surface area contributed by atoms with Crippen LogP contribution >= 0.6 is 23.1 Å². The number of β-lactam (4-membered cyclic amide) rings is 1. The van der Waals surface area contributed by atoms with E-state index < -0.39 is 46.5 Å². The van der Waals surface area contributed by atoms with E-state index in [-0.39, 0.29) is 48.1 Å². The first kappa shape index (κ1) is 56.2. The van der Waals surface area contributed by atoms with Gasteiger partial charge in [0.1, 0.15) is 41.6 Å². The van der Waals surface area contributed by atoms with Crippen LogP contribution in [0.5, 0.6) is 0 Å². The molecular weight excluding hydrogens is 1070 g/mol. The second-order valence-electron chi connectivity index (χ2n) is 20.6. The average Bonchev–Trinajstić information content (AvgIpc) is 3.25. The summed E-state index contributed by atoms with van der Waals surface area (Å²) in [4.78, 5) is 74.3. The minimum atomic E-state index is -1.39. The number of pyridine rings is 1. The van der Waals surface area contributed by atoms with Crippen LogP contribution in [-0.2, 0) is 44.6 Å². The monoisotopic (exact) mass is 1130 g/mol. The number of thiazole rings is 1. The number of nitrogens with zero attached hydrogens (tertiary/aromatic N) is 4. The predicted octanol–water partition coefficient (Wildman–Crippen LogP) is 12.2. The molecule has 0 unspecified atom stereocenters. The number of oxime groups is 1. The van der Waals surface area contributed by atoms with E-state index in [1.165, 1.54) is 28.0 Å². The van der Waals surface area contributed by atoms with Crippen LogP contribution in [0.2, 0.25) is 0 Å². The highest BCUT2D eigenvalue weighted by atomic mass is 32.2. The molecule has 6 aromatic carbocycles. The fourth-order valence-electron chi connectivity index (χ4n) is 9.83. The van der Waals surface area contributed by atoms with Gasteiger partial charge in [-0.25, -0.2) is 14.6 Å². The minimum Gasteiger partial charge on any atom is -0.457 e. The van der Waals surface area contributed by atoms with E-state index in [1.54, 1.807) is 36.0 Å². The van der Waals surface area contributed by atoms with Crippen molar-refractivity contribution in [3.8, 4) is 0 Å². The maximum atomic E-state index is 15.4. The van der Waals surface area contributed by atoms with Gasteiger partial charge in [-0.2, -0.15) is 0 Å². The molecule has 414 valence electrons. The highest BCUT2D eigenvalue weighted by Gasteiger charge is 2.55. The number of hydrogen-bond acceptors (Lipinski definition) is 14. The number of fused-ring (bicyclic) bond motifs is 1. The molecule has 2 atom stereocenters. The van der Waals surface area contributed by atoms with Gasteiger partial charge in [0.2, 0.25) is 5.60 Å². The summed E-state index contributed by atoms with van der Waals surface area (Å²) in [5.41, 5.74) is 3.89. The second-order valence-corrected chi connectivity index (χ2v) is 22.5. The molecule has 2 amide bonds. The molecule has 14 nitrogen and oxygen atoms in total. The smallest absolute Gasteiger partial charge is 0.457 e. The third-order valence-electron chi connectivity index (χ3n) is 13.9. The number of carbonyl (C=O) groups excluding carboxylic acids is 4. The number of rotatable bonds is 21. The normalized spacial score (nSPS) is 15.5. The van der Waals surface area contributed by atoms with E-state index in [1.807, 2.05) is 172 Å². The van der Waals surface area contributed by atoms with Crippen molar-refractivity contribution < 1.29 is 38.2 Å². The van der Waals surface area contributed by atoms with E-state index in [0.717, 1.165) is 38.9 Å². The van der Waals surface area contributed by atoms with Crippen molar-refractivity contribution in [2.75, 3.05) is 30.9 Å². The molecule has 2 N–H and O–H groups in total. The first-order valence-electron chi connectivity index (χ1n) is 26.8. The van der Waals surface area contributed by atoms with Crippen molar-refractivity contribution in [3.05, 3.63) is 274 Å². The van der Waals surface area contributed by atoms with E-state index >= 15 is 4.79 Å². The zero-order chi connectivity index (χ0) is 56.9. The van der Waals surface area contributed by atoms with E-state index in [0.29, 0.717) is 17.1 Å². The molecule has 8 aromatic rings. The van der Waals surface area contributed by atoms with Gasteiger partial charge in [0.05, 0.1) is 6.61 Å². The summed E-state index contributed by atoms with van der Waals surface area (Å²) in [7, 11) is 0. The zero-order valence-corrected chi connectivity index (χ0v) is 47.1. The Bertz CT molecular complexity index is 3370. The lowest BCUT2D eigenvalue weighted by molar-refractivity contribution is -0.153. The molecule has 0 bridgehead atoms. The average molecular weight is 1130 g/mol. The van der Waals surface area contributed by atoms with Gasteiger partial charge >= 0.3 is 12.1 Å². The molecule has 0 spiro atoms. The molecular formula is C66H60N6O8S2. The Hall–Kier alpha value is -9.12. The van der Waals surface area contributed by atoms with Crippen molar-refractivity contribution >= 4 is 64.0 Å². The maximum Gasteiger partial charge on any atom is 0.508 e. The Morgan fingerprint density at radius 2 is 1.17 bits per heavy atom. The molecule has 2 aliphatic rings. The Balaban J connectivity index is 1.00. The Morgan fingerprint density at radius 1 is 0.659 bits per heavy atom. The SMILES string of the molecule is CC(C)(C)CCOC(=O)OCCOC(=O)C1=C(/C=C\c2cccnc2)CS[C@H]2[C@H](NC(=O)C(=NOC(c3ccccc3)(c3ccccc3)c3ccccc3)c3csc(NC(c4ccccc4)(c4ccccc4)c4ccccc4)n3)C(=O)N12. The number of allylic oxidation sites excluding steroid dienone is 1. The van der Waals surface area contributed by atoms with Gasteiger partial charge in [0, 0.05) is 40.2 Å². The summed E-state index contributed by atoms with van der Waals surface area (Å²) in [6, 6.07) is 61.8. The van der Waals surface area contributed by atoms with E-state index in [9.17, 15) is 14.4 Å². The van der Waals surface area contributed by atoms with Gasteiger partial charge in [-0.1, -0.05) is 226 Å². The summed E-state index contributed by atoms with van der Waals surface area (Å²) >= 11 is 2.66. The maximum absolute atomic E-state index is 15.4. The molecule has 0 aliphatic carbocycles. The lowest BCUT2D eigenvalue weighted by Crippen LogP contribution is -2.71. The number of carbonyl (C=O) groups is 4. The molecule has 1 saturated heterocycles. The number of nitrogens with one attached hydrogen (secondary N) is 2. The largest absolute Gasteiger partial charge is 0.508 e. The molecule has 82 heavy (non-hydrogen) atoms. The number of esters is 1. The summed E-state index contributed by atoms with van der Waals surface area (Å²) in [5.74, 6) is -1.85. The van der Waals surface area contributed by atoms with Gasteiger partial charge < -0.3 is 29.7 Å². The van der Waals surface area contributed by atoms with Gasteiger partial charge in [-0.05, 0) is 45.7 Å². The van der Waals surface area contributed by atoms with E-state index in [2.05, 4.69) is 52.0 Å². The van der Waals surface area contributed by atoms with Crippen molar-refractivity contribution in [2.45, 2.75) is 49.7 Å². The summed E-state index contributed by atoms with van der Waals surface area (Å²) in [6.07, 6.45) is 6.62. The third-order valence-corrected chi connectivity index (χ3v) is 16.0. The number of thioether (sulfide) groups is 1. The van der Waals surface area contributed by atoms with Crippen molar-refractivity contribution in [3.63, 3.8) is 0 Å². The molecule has 16 heteroatoms. The van der Waals surface area contributed by atoms with E-state index in [4.69, 9.17) is 29.2 Å². The number of ether oxygens (including phenoxy) is 3. The number of hydrogen-bond donors (Lipinski definition) is 2. The topological polar surface area (TPSA) is 171 Å². The molecule has 0 radical (unpaired) electrons. The van der Waals surface area contributed by atoms with Crippen LogP contribution in [0.1, 0.15) is 71.8 Å². The summed E-state index contributed by atoms with van der Waals surface area (Å²) < 4.78 is 16.1. The Labute approximate surface area is 484 Å². The molecule has 2 aliphatic heterocycles. The number of amides is 2. The zero-order valence-electron chi connectivity index (χ0n) is 45.4. The van der Waals surface area contributed by atoms with Crippen LogP contribution in [0, 0.1) is 5.41 Å². The van der Waals surface area contributed by atoms with Crippen molar-refractivity contribution in [1.82, 2.24) is 20.2 Å². The van der Waals surface area contributed by atoms with Crippen LogP contribution < -0.4 is 10.6 Å². The minimum absolute atomic E-state index is 0.00307. The molecule has 4 heterocycles. The highest BCUT2D eigenvalue weighted by Crippen LogP contribution is 2.44. The Kier molecular flexibility index (Phi) is 17.5. The van der Waals surface area contributed by atoms with Gasteiger partial charge in [-0.15, -0.1) is 23.1 Å². The molecule has 0 saturated carbocycles. The fraction of sp³-hybridized carbons (Fsp3) is 0.197. The number of benzene rings is 6. The predicted molar refractivity (Wildman–Crippen MR) is 319 cm³/mol. The lowest BCUT2D eigenvalue weighted by atomic mass is 9.77. The quantitative estimate of drug-likeness (QED) is 0.0175. The van der Waals surface area contributed by atoms with Gasteiger partial charge in [0.15, 0.2) is 10.8 Å². The van der Waals surface area contributed by atoms with Crippen LogP contribution in [0.3, 0.4) is 0 Å². The fourth-order valence-corrected chi connectivity index (χ4v) is 11.9. The standard InChI is InChI=1S/C66H60N6O8S2/c1-64(2,3)38-40-78-63(76)79-42-41-77-61(75)57-47(37-36-46-23-22-39-67-43-46)44-81-60-56(59(74)72(57)60)69-58(73)55(71-80-66(51-30-16-7-17-31-51,52-32-18-8-19-33-52)53-34-20-9-21-35-53)54-45-82-62(68-54)70-65(48-24-10-4-11-25-48,49-26-12-5-13-27-49)50-28-14-6-15-29-50/h4-37,39,43,45,56,60H,38,40-42,44H2,1-3H3,(H,68,70)(H,69,73)/b37-36-,71-55?/t56-,60+/m1/s1. The molecule has 10 rings (SSSR count). The summed E-state index contributed by atoms with van der Waals surface area (Å²) in [6.45, 7) is 5.69. The lowest BCUT2D eigenvalue weighted by Gasteiger charge is -2.49. The van der Waals surface area contributed by atoms with Crippen LogP contribution in [0.25, 0.3) is 6.08 Å². The van der Waals surface area contributed by atoms with Crippen LogP contribution in [0.4, 0.5) is 9.93 Å². The first-order valence-corrected chi connectivity index (χ1v) is 28.7. The van der Waals surface area contributed by atoms with Crippen molar-refractivity contribution in [2.24, 2.45) is 10.6 Å². The highest BCUT2D eigenvalue weighted by molar-refractivity contribution is 8.00. The second kappa shape index (κ2) is 25.6. The third kappa shape index (κ3) is 12.4. The van der Waals surface area contributed by atoms with Crippen LogP contribution in [-0.4, -0.2) is 81.5 Å². The number of aromatic nitrogens is 2. The van der Waals surface area contributed by atoms with Crippen LogP contribution in [0.15, 0.2) is 234 Å². The molecule has 1 fully saturated rings. The Morgan fingerprint density at radius 3 is 1.68 bits per heavy atom. The van der Waals surface area contributed by atoms with Crippen molar-refractivity contribution in [1.29, 1.82) is 0 Å².